The Kier molecular flexibility index (Phi) is 6.95. The largest absolute Gasteiger partial charge is 0.389 e. The molecule has 0 saturated heterocycles. The van der Waals surface area contributed by atoms with Crippen molar-refractivity contribution in [1.29, 1.82) is 0 Å². The van der Waals surface area contributed by atoms with Crippen LogP contribution in [0.15, 0.2) is 24.3 Å². The second kappa shape index (κ2) is 9.62. The lowest BCUT2D eigenvalue weighted by atomic mass is 9.89. The van der Waals surface area contributed by atoms with Crippen LogP contribution in [0.5, 0.6) is 0 Å². The van der Waals surface area contributed by atoms with Crippen molar-refractivity contribution in [2.24, 2.45) is 11.8 Å². The number of ether oxygens (including phenoxy) is 2. The molecule has 0 spiro atoms. The van der Waals surface area contributed by atoms with Gasteiger partial charge in [-0.3, -0.25) is 9.59 Å². The predicted molar refractivity (Wildman–Crippen MR) is 100 cm³/mol. The molecule has 150 valence electrons. The molecule has 0 radical (unpaired) electrons. The minimum absolute atomic E-state index is 0.0619. The molecule has 0 unspecified atom stereocenters. The van der Waals surface area contributed by atoms with Crippen LogP contribution < -0.4 is 0 Å². The van der Waals surface area contributed by atoms with Gasteiger partial charge in [-0.2, -0.15) is 0 Å². The number of rotatable bonds is 4. The maximum absolute atomic E-state index is 12.5. The Morgan fingerprint density at radius 2 is 0.964 bits per heavy atom. The standard InChI is InChI=1S/C22H26O6/c23-19(15-9-3-1-4-10-15)27-21(25)17-13-7-8-14-18(17)22(26)28-20(24)16-11-5-2-6-12-16/h7-8,13-16H,1-6,9-12H2. The molecule has 6 nitrogen and oxygen atoms in total. The van der Waals surface area contributed by atoms with E-state index in [9.17, 15) is 19.2 Å². The Balaban J connectivity index is 1.65. The Bertz CT molecular complexity index is 678. The van der Waals surface area contributed by atoms with E-state index in [-0.39, 0.29) is 23.0 Å². The van der Waals surface area contributed by atoms with Crippen LogP contribution in [-0.4, -0.2) is 23.9 Å². The third-order valence-electron chi connectivity index (χ3n) is 5.63. The molecule has 28 heavy (non-hydrogen) atoms. The van der Waals surface area contributed by atoms with Crippen LogP contribution in [0.2, 0.25) is 0 Å². The molecular formula is C22H26O6. The van der Waals surface area contributed by atoms with Gasteiger partial charge in [0.25, 0.3) is 0 Å². The minimum Gasteiger partial charge on any atom is -0.389 e. The summed E-state index contributed by atoms with van der Waals surface area (Å²) in [6, 6.07) is 5.94. The van der Waals surface area contributed by atoms with Crippen LogP contribution in [0.3, 0.4) is 0 Å². The van der Waals surface area contributed by atoms with E-state index < -0.39 is 23.9 Å². The monoisotopic (exact) mass is 386 g/mol. The van der Waals surface area contributed by atoms with Crippen LogP contribution in [0.25, 0.3) is 0 Å². The van der Waals surface area contributed by atoms with E-state index in [1.54, 1.807) is 12.1 Å². The van der Waals surface area contributed by atoms with E-state index in [4.69, 9.17) is 9.47 Å². The molecular weight excluding hydrogens is 360 g/mol. The quantitative estimate of drug-likeness (QED) is 0.569. The molecule has 0 aliphatic heterocycles. The fourth-order valence-corrected chi connectivity index (χ4v) is 3.98. The summed E-state index contributed by atoms with van der Waals surface area (Å²) in [5, 5.41) is 0. The van der Waals surface area contributed by atoms with Crippen molar-refractivity contribution in [1.82, 2.24) is 0 Å². The van der Waals surface area contributed by atoms with Gasteiger partial charge in [-0.05, 0) is 37.8 Å². The molecule has 0 bridgehead atoms. The Hall–Kier alpha value is -2.50. The molecule has 1 aromatic carbocycles. The SMILES string of the molecule is O=C(OC(=O)C1CCCCC1)c1ccccc1C(=O)OC(=O)C1CCCCC1. The summed E-state index contributed by atoms with van der Waals surface area (Å²) < 4.78 is 10.0. The zero-order valence-corrected chi connectivity index (χ0v) is 16.0. The molecule has 0 aromatic heterocycles. The third kappa shape index (κ3) is 5.06. The molecule has 0 atom stereocenters. The second-order valence-corrected chi connectivity index (χ2v) is 7.63. The summed E-state index contributed by atoms with van der Waals surface area (Å²) in [4.78, 5) is 49.4. The third-order valence-corrected chi connectivity index (χ3v) is 5.63. The van der Waals surface area contributed by atoms with Crippen molar-refractivity contribution in [3.8, 4) is 0 Å². The van der Waals surface area contributed by atoms with Gasteiger partial charge in [0, 0.05) is 0 Å². The highest BCUT2D eigenvalue weighted by atomic mass is 16.6. The van der Waals surface area contributed by atoms with Gasteiger partial charge in [0.05, 0.1) is 23.0 Å². The highest BCUT2D eigenvalue weighted by Crippen LogP contribution is 2.26. The molecule has 2 fully saturated rings. The molecule has 0 heterocycles. The average Bonchev–Trinajstić information content (AvgIpc) is 2.74. The Morgan fingerprint density at radius 1 is 0.607 bits per heavy atom. The van der Waals surface area contributed by atoms with Gasteiger partial charge in [0.2, 0.25) is 0 Å². The second-order valence-electron chi connectivity index (χ2n) is 7.63. The first kappa shape index (κ1) is 20.2. The van der Waals surface area contributed by atoms with Gasteiger partial charge in [0.1, 0.15) is 0 Å². The minimum atomic E-state index is -0.881. The smallest absolute Gasteiger partial charge is 0.346 e. The molecule has 0 amide bonds. The van der Waals surface area contributed by atoms with E-state index in [2.05, 4.69) is 0 Å². The topological polar surface area (TPSA) is 86.7 Å². The molecule has 1 aromatic rings. The van der Waals surface area contributed by atoms with Crippen LogP contribution in [0.4, 0.5) is 0 Å². The number of hydrogen-bond donors (Lipinski definition) is 0. The summed E-state index contributed by atoms with van der Waals surface area (Å²) in [6.45, 7) is 0. The number of hydrogen-bond acceptors (Lipinski definition) is 6. The summed E-state index contributed by atoms with van der Waals surface area (Å²) in [7, 11) is 0. The number of esters is 4. The zero-order chi connectivity index (χ0) is 19.9. The highest BCUT2D eigenvalue weighted by molar-refractivity contribution is 6.08. The molecule has 0 N–H and O–H groups in total. The maximum Gasteiger partial charge on any atom is 0.346 e. The summed E-state index contributed by atoms with van der Waals surface area (Å²) in [5.41, 5.74) is -0.124. The molecule has 6 heteroatoms. The summed E-state index contributed by atoms with van der Waals surface area (Å²) >= 11 is 0. The maximum atomic E-state index is 12.5. The predicted octanol–water partition coefficient (Wildman–Crippen LogP) is 4.21. The fourth-order valence-electron chi connectivity index (χ4n) is 3.98. The van der Waals surface area contributed by atoms with Gasteiger partial charge >= 0.3 is 23.9 Å². The molecule has 3 rings (SSSR count). The lowest BCUT2D eigenvalue weighted by Crippen LogP contribution is -2.26. The Labute approximate surface area is 164 Å². The number of carbonyl (C=O) groups is 4. The van der Waals surface area contributed by atoms with Crippen molar-refractivity contribution in [2.45, 2.75) is 64.2 Å². The highest BCUT2D eigenvalue weighted by Gasteiger charge is 2.29. The van der Waals surface area contributed by atoms with Crippen molar-refractivity contribution in [3.63, 3.8) is 0 Å². The van der Waals surface area contributed by atoms with Crippen molar-refractivity contribution < 1.29 is 28.7 Å². The molecule has 2 aliphatic carbocycles. The average molecular weight is 386 g/mol. The Morgan fingerprint density at radius 3 is 1.32 bits per heavy atom. The first-order valence-electron chi connectivity index (χ1n) is 10.2. The lowest BCUT2D eigenvalue weighted by molar-refractivity contribution is -0.145. The number of benzene rings is 1. The zero-order valence-electron chi connectivity index (χ0n) is 16.0. The molecule has 2 saturated carbocycles. The lowest BCUT2D eigenvalue weighted by Gasteiger charge is -2.20. The van der Waals surface area contributed by atoms with Crippen molar-refractivity contribution >= 4 is 23.9 Å². The van der Waals surface area contributed by atoms with Crippen LogP contribution >= 0.6 is 0 Å². The van der Waals surface area contributed by atoms with Crippen LogP contribution in [0, 0.1) is 11.8 Å². The van der Waals surface area contributed by atoms with E-state index in [1.165, 1.54) is 12.1 Å². The van der Waals surface area contributed by atoms with E-state index in [0.717, 1.165) is 38.5 Å². The van der Waals surface area contributed by atoms with Gasteiger partial charge in [-0.15, -0.1) is 0 Å². The summed E-state index contributed by atoms with van der Waals surface area (Å²) in [6.07, 6.45) is 8.80. The van der Waals surface area contributed by atoms with Crippen LogP contribution in [0.1, 0.15) is 84.9 Å². The van der Waals surface area contributed by atoms with Gasteiger partial charge in [0.15, 0.2) is 0 Å². The fraction of sp³-hybridized carbons (Fsp3) is 0.545. The van der Waals surface area contributed by atoms with E-state index in [1.807, 2.05) is 0 Å². The number of carbonyl (C=O) groups excluding carboxylic acids is 4. The summed E-state index contributed by atoms with van der Waals surface area (Å²) in [5.74, 6) is -3.41. The van der Waals surface area contributed by atoms with E-state index in [0.29, 0.717) is 25.7 Å². The van der Waals surface area contributed by atoms with Crippen molar-refractivity contribution in [3.05, 3.63) is 35.4 Å². The van der Waals surface area contributed by atoms with Crippen molar-refractivity contribution in [2.75, 3.05) is 0 Å². The van der Waals surface area contributed by atoms with Gasteiger partial charge < -0.3 is 9.47 Å². The van der Waals surface area contributed by atoms with Gasteiger partial charge in [-0.25, -0.2) is 9.59 Å². The normalized spacial score (nSPS) is 18.3. The first-order valence-corrected chi connectivity index (χ1v) is 10.2. The first-order chi connectivity index (χ1) is 13.6. The molecule has 2 aliphatic rings. The van der Waals surface area contributed by atoms with Crippen LogP contribution in [-0.2, 0) is 19.1 Å². The van der Waals surface area contributed by atoms with E-state index >= 15 is 0 Å². The van der Waals surface area contributed by atoms with Gasteiger partial charge in [-0.1, -0.05) is 50.7 Å².